The number of aromatic nitrogens is 1. The fourth-order valence-electron chi connectivity index (χ4n) is 2.20. The van der Waals surface area contributed by atoms with Crippen molar-refractivity contribution in [3.05, 3.63) is 74.9 Å². The van der Waals surface area contributed by atoms with Crippen molar-refractivity contribution >= 4 is 39.8 Å². The Kier molecular flexibility index (Phi) is 5.53. The summed E-state index contributed by atoms with van der Waals surface area (Å²) in [5, 5.41) is 4.98. The lowest BCUT2D eigenvalue weighted by Gasteiger charge is -2.07. The largest absolute Gasteiger partial charge is 0.416 e. The SMILES string of the molecule is O=C(/C=C\c1cccs1)Nc1ncc(Cc2cccc(C(F)(F)F)c2)s1. The molecule has 0 saturated heterocycles. The highest BCUT2D eigenvalue weighted by molar-refractivity contribution is 7.15. The predicted molar refractivity (Wildman–Crippen MR) is 98.3 cm³/mol. The number of benzene rings is 1. The van der Waals surface area contributed by atoms with E-state index in [9.17, 15) is 18.0 Å². The molecule has 2 aromatic heterocycles. The van der Waals surface area contributed by atoms with Gasteiger partial charge in [-0.05, 0) is 29.2 Å². The number of rotatable bonds is 5. The van der Waals surface area contributed by atoms with Gasteiger partial charge < -0.3 is 0 Å². The molecule has 2 heterocycles. The number of carbonyl (C=O) groups is 1. The van der Waals surface area contributed by atoms with E-state index in [0.717, 1.165) is 21.9 Å². The summed E-state index contributed by atoms with van der Waals surface area (Å²) in [5.41, 5.74) is -0.134. The molecule has 0 aliphatic carbocycles. The van der Waals surface area contributed by atoms with Crippen molar-refractivity contribution in [3.8, 4) is 0 Å². The molecule has 0 saturated carbocycles. The maximum Gasteiger partial charge on any atom is 0.416 e. The van der Waals surface area contributed by atoms with Crippen LogP contribution in [0.4, 0.5) is 18.3 Å². The molecule has 0 fully saturated rings. The summed E-state index contributed by atoms with van der Waals surface area (Å²) in [6.07, 6.45) is 0.640. The Morgan fingerprint density at radius 3 is 2.81 bits per heavy atom. The van der Waals surface area contributed by atoms with Gasteiger partial charge >= 0.3 is 6.18 Å². The lowest BCUT2D eigenvalue weighted by atomic mass is 10.1. The molecule has 0 unspecified atom stereocenters. The van der Waals surface area contributed by atoms with E-state index in [1.807, 2.05) is 17.5 Å². The molecule has 26 heavy (non-hydrogen) atoms. The van der Waals surface area contributed by atoms with E-state index < -0.39 is 11.7 Å². The summed E-state index contributed by atoms with van der Waals surface area (Å²) in [6.45, 7) is 0. The number of thiazole rings is 1. The predicted octanol–water partition coefficient (Wildman–Crippen LogP) is 5.47. The Hall–Kier alpha value is -2.45. The van der Waals surface area contributed by atoms with Crippen LogP contribution in [0.15, 0.2) is 54.1 Å². The zero-order chi connectivity index (χ0) is 18.6. The number of nitrogens with one attached hydrogen (secondary N) is 1. The van der Waals surface area contributed by atoms with Gasteiger partial charge in [-0.3, -0.25) is 10.1 Å². The molecule has 0 atom stereocenters. The van der Waals surface area contributed by atoms with Gasteiger partial charge in [-0.25, -0.2) is 4.98 Å². The summed E-state index contributed by atoms with van der Waals surface area (Å²) in [4.78, 5) is 17.7. The molecular weight excluding hydrogens is 381 g/mol. The van der Waals surface area contributed by atoms with Crippen molar-refractivity contribution in [2.75, 3.05) is 5.32 Å². The summed E-state index contributed by atoms with van der Waals surface area (Å²) >= 11 is 2.76. The summed E-state index contributed by atoms with van der Waals surface area (Å²) < 4.78 is 38.3. The van der Waals surface area contributed by atoms with Gasteiger partial charge in [-0.1, -0.05) is 24.3 Å². The summed E-state index contributed by atoms with van der Waals surface area (Å²) in [5.74, 6) is -0.307. The van der Waals surface area contributed by atoms with Crippen LogP contribution in [0.25, 0.3) is 6.08 Å². The van der Waals surface area contributed by atoms with Crippen molar-refractivity contribution < 1.29 is 18.0 Å². The summed E-state index contributed by atoms with van der Waals surface area (Å²) in [6, 6.07) is 8.98. The molecule has 134 valence electrons. The molecule has 1 amide bonds. The van der Waals surface area contributed by atoms with Crippen LogP contribution in [-0.4, -0.2) is 10.9 Å². The number of alkyl halides is 3. The quantitative estimate of drug-likeness (QED) is 0.584. The Labute approximate surface area is 155 Å². The van der Waals surface area contributed by atoms with E-state index >= 15 is 0 Å². The number of anilines is 1. The van der Waals surface area contributed by atoms with Gasteiger partial charge in [-0.15, -0.1) is 22.7 Å². The van der Waals surface area contributed by atoms with Crippen LogP contribution in [0.5, 0.6) is 0 Å². The maximum absolute atomic E-state index is 12.8. The van der Waals surface area contributed by atoms with E-state index in [1.165, 1.54) is 34.8 Å². The van der Waals surface area contributed by atoms with Crippen LogP contribution in [0, 0.1) is 0 Å². The second kappa shape index (κ2) is 7.84. The van der Waals surface area contributed by atoms with Gasteiger partial charge in [0.25, 0.3) is 0 Å². The minimum Gasteiger partial charge on any atom is -0.298 e. The molecule has 3 nitrogen and oxygen atoms in total. The van der Waals surface area contributed by atoms with Crippen LogP contribution in [-0.2, 0) is 17.4 Å². The topological polar surface area (TPSA) is 42.0 Å². The molecule has 0 spiro atoms. The fourth-order valence-corrected chi connectivity index (χ4v) is 3.66. The number of hydrogen-bond donors (Lipinski definition) is 1. The van der Waals surface area contributed by atoms with Gasteiger partial charge in [0, 0.05) is 28.4 Å². The standard InChI is InChI=1S/C18H13F3N2OS2/c19-18(20,21)13-4-1-3-12(9-13)10-15-11-22-17(26-15)23-16(24)7-6-14-5-2-8-25-14/h1-9,11H,10H2,(H,22,23,24)/b7-6-. The van der Waals surface area contributed by atoms with Crippen molar-refractivity contribution in [2.45, 2.75) is 12.6 Å². The Bertz CT molecular complexity index is 915. The first-order valence-corrected chi connectivity index (χ1v) is 9.23. The van der Waals surface area contributed by atoms with E-state index in [-0.39, 0.29) is 5.91 Å². The highest BCUT2D eigenvalue weighted by Gasteiger charge is 2.30. The molecule has 1 N–H and O–H groups in total. The van der Waals surface area contributed by atoms with Crippen molar-refractivity contribution in [3.63, 3.8) is 0 Å². The Morgan fingerprint density at radius 1 is 1.23 bits per heavy atom. The third-order valence-corrected chi connectivity index (χ3v) is 5.11. The first-order valence-electron chi connectivity index (χ1n) is 7.53. The Morgan fingerprint density at radius 2 is 2.08 bits per heavy atom. The van der Waals surface area contributed by atoms with Crippen LogP contribution in [0.1, 0.15) is 20.9 Å². The fraction of sp³-hybridized carbons (Fsp3) is 0.111. The first kappa shape index (κ1) is 18.3. The number of nitrogens with zero attached hydrogens (tertiary/aromatic N) is 1. The molecular formula is C18H13F3N2OS2. The third kappa shape index (κ3) is 5.03. The molecule has 3 rings (SSSR count). The highest BCUT2D eigenvalue weighted by atomic mass is 32.1. The molecule has 3 aromatic rings. The Balaban J connectivity index is 1.62. The van der Waals surface area contributed by atoms with E-state index in [2.05, 4.69) is 10.3 Å². The zero-order valence-electron chi connectivity index (χ0n) is 13.3. The molecule has 0 bridgehead atoms. The van der Waals surface area contributed by atoms with Gasteiger partial charge in [0.1, 0.15) is 0 Å². The number of halogens is 3. The smallest absolute Gasteiger partial charge is 0.298 e. The molecule has 1 aromatic carbocycles. The molecule has 0 aliphatic heterocycles. The average Bonchev–Trinajstić information content (AvgIpc) is 3.24. The molecule has 8 heteroatoms. The number of hydrogen-bond acceptors (Lipinski definition) is 4. The van der Waals surface area contributed by atoms with Gasteiger partial charge in [0.05, 0.1) is 5.56 Å². The number of thiophene rings is 1. The van der Waals surface area contributed by atoms with Crippen LogP contribution in [0.2, 0.25) is 0 Å². The lowest BCUT2D eigenvalue weighted by molar-refractivity contribution is -0.137. The van der Waals surface area contributed by atoms with Crippen molar-refractivity contribution in [1.82, 2.24) is 4.98 Å². The lowest BCUT2D eigenvalue weighted by Crippen LogP contribution is -2.06. The maximum atomic E-state index is 12.8. The van der Waals surface area contributed by atoms with E-state index in [1.54, 1.807) is 18.3 Å². The van der Waals surface area contributed by atoms with Crippen LogP contribution < -0.4 is 5.32 Å². The monoisotopic (exact) mass is 394 g/mol. The second-order valence-electron chi connectivity index (χ2n) is 5.34. The van der Waals surface area contributed by atoms with Gasteiger partial charge in [0.2, 0.25) is 5.91 Å². The molecule has 0 radical (unpaired) electrons. The minimum absolute atomic E-state index is 0.307. The van der Waals surface area contributed by atoms with Gasteiger partial charge in [0.15, 0.2) is 5.13 Å². The normalized spacial score (nSPS) is 11.8. The number of amides is 1. The van der Waals surface area contributed by atoms with Crippen molar-refractivity contribution in [1.29, 1.82) is 0 Å². The van der Waals surface area contributed by atoms with Crippen LogP contribution >= 0.6 is 22.7 Å². The van der Waals surface area contributed by atoms with Crippen LogP contribution in [0.3, 0.4) is 0 Å². The summed E-state index contributed by atoms with van der Waals surface area (Å²) in [7, 11) is 0. The number of carbonyl (C=O) groups excluding carboxylic acids is 1. The van der Waals surface area contributed by atoms with E-state index in [0.29, 0.717) is 17.1 Å². The van der Waals surface area contributed by atoms with E-state index in [4.69, 9.17) is 0 Å². The van der Waals surface area contributed by atoms with Gasteiger partial charge in [-0.2, -0.15) is 13.2 Å². The highest BCUT2D eigenvalue weighted by Crippen LogP contribution is 2.30. The first-order chi connectivity index (χ1) is 12.4. The van der Waals surface area contributed by atoms with Crippen molar-refractivity contribution in [2.24, 2.45) is 0 Å². The molecule has 0 aliphatic rings. The average molecular weight is 394 g/mol. The zero-order valence-corrected chi connectivity index (χ0v) is 14.9. The third-order valence-electron chi connectivity index (χ3n) is 3.36. The second-order valence-corrected chi connectivity index (χ2v) is 7.44. The minimum atomic E-state index is -4.36.